The molecule has 0 unspecified atom stereocenters. The van der Waals surface area contributed by atoms with Crippen molar-refractivity contribution in [2.24, 2.45) is 11.8 Å². The lowest BCUT2D eigenvalue weighted by molar-refractivity contribution is -0.162. The van der Waals surface area contributed by atoms with E-state index < -0.39 is 59.6 Å². The molecule has 3 aliphatic rings. The van der Waals surface area contributed by atoms with E-state index in [2.05, 4.69) is 18.5 Å². The van der Waals surface area contributed by atoms with E-state index in [1.807, 2.05) is 67.6 Å². The maximum absolute atomic E-state index is 14.6. The van der Waals surface area contributed by atoms with Gasteiger partial charge < -0.3 is 29.7 Å². The number of fused-ring (bicyclic) bond motifs is 1. The van der Waals surface area contributed by atoms with Crippen LogP contribution in [-0.4, -0.2) is 81.6 Å². The molecular weight excluding hydrogens is 610 g/mol. The number of amides is 3. The van der Waals surface area contributed by atoms with Crippen LogP contribution >= 0.6 is 0 Å². The number of nitrogens with one attached hydrogen (secondary N) is 1. The molecule has 256 valence electrons. The van der Waals surface area contributed by atoms with Crippen LogP contribution in [0, 0.1) is 11.8 Å². The largest absolute Gasteiger partial charge is 0.455 e. The van der Waals surface area contributed by atoms with Crippen molar-refractivity contribution in [2.75, 3.05) is 13.2 Å². The summed E-state index contributed by atoms with van der Waals surface area (Å²) in [6, 6.07) is 16.5. The average molecular weight is 658 g/mol. The molecule has 0 saturated carbocycles. The normalized spacial score (nSPS) is 25.9. The molecule has 3 heterocycles. The number of carbonyl (C=O) groups excluding carboxylic acids is 4. The highest BCUT2D eigenvalue weighted by molar-refractivity contribution is 5.98. The fourth-order valence-electron chi connectivity index (χ4n) is 7.75. The van der Waals surface area contributed by atoms with Crippen LogP contribution in [0.25, 0.3) is 0 Å². The molecule has 2 bridgehead atoms. The number of carbonyl (C=O) groups is 4. The minimum absolute atomic E-state index is 0.196. The number of esters is 1. The Hall–Kier alpha value is -4.28. The van der Waals surface area contributed by atoms with Crippen LogP contribution in [0.1, 0.15) is 63.2 Å². The maximum atomic E-state index is 14.6. The van der Waals surface area contributed by atoms with Gasteiger partial charge in [0.15, 0.2) is 0 Å². The Labute approximate surface area is 282 Å². The number of likely N-dealkylation sites (tertiary alicyclic amines) is 1. The Morgan fingerprint density at radius 1 is 1.12 bits per heavy atom. The van der Waals surface area contributed by atoms with E-state index in [0.717, 1.165) is 5.56 Å². The highest BCUT2D eigenvalue weighted by atomic mass is 16.6. The monoisotopic (exact) mass is 657 g/mol. The number of nitrogens with zero attached hydrogens (tertiary/aromatic N) is 2. The van der Waals surface area contributed by atoms with Crippen molar-refractivity contribution < 1.29 is 33.8 Å². The standard InChI is InChI=1S/C38H47N3O7/c1-5-8-19-30(43)39-25(4)33(27-17-13-10-14-18-27)47-37(46)31-29-20-21-38(48-29)32(31)35(44)41(28(7-3)24-42)34(38)36(45)40(22-6-2)23-26-15-11-9-12-16-26/h5-6,9-18,25,28-29,31-34,42H,1-2,7-8,19-24H2,3-4H3,(H,39,43)/t25-,28-,29-,31+,32+,33-,34-,38+/m0/s1. The first-order chi connectivity index (χ1) is 23.2. The Morgan fingerprint density at radius 2 is 1.81 bits per heavy atom. The maximum Gasteiger partial charge on any atom is 0.313 e. The zero-order valence-electron chi connectivity index (χ0n) is 27.8. The van der Waals surface area contributed by atoms with Crippen molar-refractivity contribution in [3.63, 3.8) is 0 Å². The van der Waals surface area contributed by atoms with Gasteiger partial charge >= 0.3 is 5.97 Å². The first-order valence-electron chi connectivity index (χ1n) is 16.9. The van der Waals surface area contributed by atoms with Crippen molar-refractivity contribution in [1.29, 1.82) is 0 Å². The van der Waals surface area contributed by atoms with Crippen molar-refractivity contribution in [3.8, 4) is 0 Å². The summed E-state index contributed by atoms with van der Waals surface area (Å²) in [5.41, 5.74) is 0.358. The van der Waals surface area contributed by atoms with Crippen molar-refractivity contribution >= 4 is 23.7 Å². The molecule has 10 nitrogen and oxygen atoms in total. The molecule has 3 fully saturated rings. The molecular formula is C38H47N3O7. The van der Waals surface area contributed by atoms with E-state index in [9.17, 15) is 24.3 Å². The van der Waals surface area contributed by atoms with Crippen LogP contribution < -0.4 is 5.32 Å². The van der Waals surface area contributed by atoms with Gasteiger partial charge in [0.2, 0.25) is 17.7 Å². The number of benzene rings is 2. The van der Waals surface area contributed by atoms with Crippen molar-refractivity contribution in [3.05, 3.63) is 97.1 Å². The third-order valence-corrected chi connectivity index (χ3v) is 9.99. The predicted octanol–water partition coefficient (Wildman–Crippen LogP) is 4.10. The van der Waals surface area contributed by atoms with Gasteiger partial charge in [-0.25, -0.2) is 0 Å². The average Bonchev–Trinajstić information content (AvgIpc) is 3.74. The van der Waals surface area contributed by atoms with E-state index in [1.165, 1.54) is 4.90 Å². The molecule has 3 amide bonds. The fraction of sp³-hybridized carbons (Fsp3) is 0.474. The third kappa shape index (κ3) is 6.69. The summed E-state index contributed by atoms with van der Waals surface area (Å²) in [5, 5.41) is 13.4. The fourth-order valence-corrected chi connectivity index (χ4v) is 7.75. The number of aliphatic hydroxyl groups excluding tert-OH is 1. The van der Waals surface area contributed by atoms with E-state index in [4.69, 9.17) is 9.47 Å². The number of aliphatic hydroxyl groups is 1. The van der Waals surface area contributed by atoms with Gasteiger partial charge in [-0.3, -0.25) is 19.2 Å². The SMILES string of the molecule is C=CCCC(=O)N[C@@H](C)[C@H](OC(=O)[C@@H]1[C@@H]2CC[C@]3(O2)[C@H](C(=O)N(CC=C)Cc2ccccc2)N([C@@H](CC)CO)C(=O)[C@@H]13)c1ccccc1. The highest BCUT2D eigenvalue weighted by Crippen LogP contribution is 2.59. The van der Waals surface area contributed by atoms with Crippen LogP contribution in [0.3, 0.4) is 0 Å². The molecule has 48 heavy (non-hydrogen) atoms. The number of rotatable bonds is 16. The Balaban J connectivity index is 1.47. The molecule has 10 heteroatoms. The molecule has 2 aromatic carbocycles. The van der Waals surface area contributed by atoms with Crippen LogP contribution in [0.5, 0.6) is 0 Å². The molecule has 8 atom stereocenters. The molecule has 0 aliphatic carbocycles. The molecule has 3 saturated heterocycles. The first-order valence-corrected chi connectivity index (χ1v) is 16.9. The van der Waals surface area contributed by atoms with Gasteiger partial charge in [-0.15, -0.1) is 13.2 Å². The smallest absolute Gasteiger partial charge is 0.313 e. The zero-order valence-corrected chi connectivity index (χ0v) is 27.8. The van der Waals surface area contributed by atoms with Gasteiger partial charge in [0, 0.05) is 19.5 Å². The van der Waals surface area contributed by atoms with Gasteiger partial charge in [0.25, 0.3) is 0 Å². The third-order valence-electron chi connectivity index (χ3n) is 9.99. The quantitative estimate of drug-likeness (QED) is 0.206. The minimum atomic E-state index is -1.26. The molecule has 2 N–H and O–H groups in total. The lowest BCUT2D eigenvalue weighted by Crippen LogP contribution is -2.58. The number of hydrogen-bond donors (Lipinski definition) is 2. The molecule has 5 rings (SSSR count). The van der Waals surface area contributed by atoms with E-state index in [-0.39, 0.29) is 31.4 Å². The van der Waals surface area contributed by atoms with Crippen molar-refractivity contribution in [1.82, 2.24) is 15.1 Å². The van der Waals surface area contributed by atoms with E-state index in [1.54, 1.807) is 24.0 Å². The lowest BCUT2D eigenvalue weighted by atomic mass is 9.70. The number of allylic oxidation sites excluding steroid dienone is 1. The number of hydrogen-bond acceptors (Lipinski definition) is 7. The predicted molar refractivity (Wildman–Crippen MR) is 180 cm³/mol. The molecule has 3 aliphatic heterocycles. The van der Waals surface area contributed by atoms with Crippen LogP contribution in [0.4, 0.5) is 0 Å². The second-order valence-corrected chi connectivity index (χ2v) is 13.0. The molecule has 0 radical (unpaired) electrons. The number of ether oxygens (including phenoxy) is 2. The van der Waals surface area contributed by atoms with Gasteiger partial charge in [0.1, 0.15) is 17.7 Å². The summed E-state index contributed by atoms with van der Waals surface area (Å²) < 4.78 is 12.8. The van der Waals surface area contributed by atoms with E-state index >= 15 is 0 Å². The van der Waals surface area contributed by atoms with Crippen LogP contribution in [-0.2, 0) is 35.2 Å². The first kappa shape index (κ1) is 35.0. The van der Waals surface area contributed by atoms with E-state index in [0.29, 0.717) is 37.8 Å². The van der Waals surface area contributed by atoms with Gasteiger partial charge in [-0.1, -0.05) is 79.7 Å². The lowest BCUT2D eigenvalue weighted by Gasteiger charge is -2.39. The molecule has 0 aromatic heterocycles. The molecule has 1 spiro atoms. The van der Waals surface area contributed by atoms with Gasteiger partial charge in [-0.05, 0) is 43.7 Å². The summed E-state index contributed by atoms with van der Waals surface area (Å²) in [6.07, 6.45) is 3.93. The highest BCUT2D eigenvalue weighted by Gasteiger charge is 2.75. The summed E-state index contributed by atoms with van der Waals surface area (Å²) >= 11 is 0. The van der Waals surface area contributed by atoms with Gasteiger partial charge in [-0.2, -0.15) is 0 Å². The van der Waals surface area contributed by atoms with Crippen LogP contribution in [0.2, 0.25) is 0 Å². The minimum Gasteiger partial charge on any atom is -0.455 e. The van der Waals surface area contributed by atoms with Crippen molar-refractivity contribution in [2.45, 2.75) is 88.4 Å². The second kappa shape index (κ2) is 15.3. The second-order valence-electron chi connectivity index (χ2n) is 13.0. The topological polar surface area (TPSA) is 125 Å². The Kier molecular flexibility index (Phi) is 11.2. The van der Waals surface area contributed by atoms with Crippen LogP contribution in [0.15, 0.2) is 86.0 Å². The molecule has 2 aromatic rings. The summed E-state index contributed by atoms with van der Waals surface area (Å²) in [6.45, 7) is 11.4. The summed E-state index contributed by atoms with van der Waals surface area (Å²) in [4.78, 5) is 59.2. The Bertz CT molecular complexity index is 1480. The summed E-state index contributed by atoms with van der Waals surface area (Å²) in [5.74, 6) is -3.43. The van der Waals surface area contributed by atoms with Gasteiger partial charge in [0.05, 0.1) is 36.6 Å². The summed E-state index contributed by atoms with van der Waals surface area (Å²) in [7, 11) is 0. The zero-order chi connectivity index (χ0) is 34.4. The Morgan fingerprint density at radius 3 is 2.44 bits per heavy atom.